The number of hydrogen-bond donors (Lipinski definition) is 0. The molecule has 11 rings (SSSR count). The molecule has 2 aliphatic carbocycles. The Morgan fingerprint density at radius 2 is 1.17 bits per heavy atom. The Bertz CT molecular complexity index is 3310. The van der Waals surface area contributed by atoms with E-state index in [1.54, 1.807) is 0 Å². The van der Waals surface area contributed by atoms with E-state index in [1.807, 2.05) is 6.92 Å². The average molecular weight is 740 g/mol. The van der Waals surface area contributed by atoms with Crippen LogP contribution < -0.4 is 10.4 Å². The lowest BCUT2D eigenvalue weighted by atomic mass is 9.84. The van der Waals surface area contributed by atoms with Gasteiger partial charge in [-0.25, -0.2) is 0 Å². The summed E-state index contributed by atoms with van der Waals surface area (Å²) in [6.07, 6.45) is 19.9. The molecule has 0 N–H and O–H groups in total. The lowest BCUT2D eigenvalue weighted by molar-refractivity contribution is 1.12. The molecular formula is C57H41N. The molecule has 0 atom stereocenters. The molecule has 0 radical (unpaired) electrons. The first-order valence-electron chi connectivity index (χ1n) is 20.5. The summed E-state index contributed by atoms with van der Waals surface area (Å²) < 4.78 is 2.45. The van der Waals surface area contributed by atoms with Crippen molar-refractivity contribution in [3.05, 3.63) is 204 Å². The Balaban J connectivity index is 1.07. The number of benzene rings is 8. The second-order valence-electron chi connectivity index (χ2n) is 15.4. The summed E-state index contributed by atoms with van der Waals surface area (Å²) in [6.45, 7) is 2.05. The van der Waals surface area contributed by atoms with E-state index in [9.17, 15) is 0 Å². The predicted molar refractivity (Wildman–Crippen MR) is 249 cm³/mol. The van der Waals surface area contributed by atoms with Crippen LogP contribution in [0.3, 0.4) is 0 Å². The van der Waals surface area contributed by atoms with Crippen LogP contribution in [-0.4, -0.2) is 4.57 Å². The Hall–Kier alpha value is -7.22. The van der Waals surface area contributed by atoms with Gasteiger partial charge in [0.1, 0.15) is 0 Å². The summed E-state index contributed by atoms with van der Waals surface area (Å²) in [5, 5.41) is 7.99. The summed E-state index contributed by atoms with van der Waals surface area (Å²) in [5.74, 6) is 0. The zero-order chi connectivity index (χ0) is 38.6. The highest BCUT2D eigenvalue weighted by molar-refractivity contribution is 6.21. The van der Waals surface area contributed by atoms with Crippen molar-refractivity contribution in [3.8, 4) is 61.3 Å². The number of fused-ring (bicyclic) bond motifs is 8. The average Bonchev–Trinajstić information content (AvgIpc) is 3.81. The number of nitrogens with zero attached hydrogens (tertiary/aromatic N) is 1. The third kappa shape index (κ3) is 5.46. The molecule has 9 aromatic rings. The molecule has 8 aromatic carbocycles. The van der Waals surface area contributed by atoms with Crippen LogP contribution in [0.2, 0.25) is 0 Å². The molecule has 0 spiro atoms. The normalized spacial score (nSPS) is 13.2. The monoisotopic (exact) mass is 739 g/mol. The molecule has 1 aromatic heterocycles. The van der Waals surface area contributed by atoms with Gasteiger partial charge in [-0.3, -0.25) is 0 Å². The van der Waals surface area contributed by atoms with Crippen LogP contribution in [0.15, 0.2) is 188 Å². The third-order valence-corrected chi connectivity index (χ3v) is 12.1. The van der Waals surface area contributed by atoms with Gasteiger partial charge >= 0.3 is 0 Å². The Labute approximate surface area is 339 Å². The summed E-state index contributed by atoms with van der Waals surface area (Å²) in [5.41, 5.74) is 17.4. The van der Waals surface area contributed by atoms with E-state index in [1.165, 1.54) is 110 Å². The van der Waals surface area contributed by atoms with Gasteiger partial charge in [0.05, 0.1) is 11.0 Å². The van der Waals surface area contributed by atoms with Crippen LogP contribution in [0.4, 0.5) is 0 Å². The molecule has 274 valence electrons. The van der Waals surface area contributed by atoms with Gasteiger partial charge in [-0.15, -0.1) is 0 Å². The maximum atomic E-state index is 2.45. The van der Waals surface area contributed by atoms with Crippen LogP contribution in [0.1, 0.15) is 25.3 Å². The van der Waals surface area contributed by atoms with E-state index in [-0.39, 0.29) is 0 Å². The highest BCUT2D eigenvalue weighted by atomic mass is 15.0. The minimum atomic E-state index is 1.09. The summed E-state index contributed by atoms with van der Waals surface area (Å²) >= 11 is 0. The van der Waals surface area contributed by atoms with Gasteiger partial charge in [0, 0.05) is 16.5 Å². The van der Waals surface area contributed by atoms with Gasteiger partial charge in [-0.2, -0.15) is 0 Å². The number of hydrogen-bond acceptors (Lipinski definition) is 0. The van der Waals surface area contributed by atoms with Gasteiger partial charge < -0.3 is 4.57 Å². The molecule has 0 saturated heterocycles. The molecule has 1 heterocycles. The van der Waals surface area contributed by atoms with Crippen molar-refractivity contribution < 1.29 is 0 Å². The number of allylic oxidation sites excluding steroid dienone is 5. The maximum Gasteiger partial charge on any atom is 0.0547 e. The molecule has 1 heteroatoms. The fourth-order valence-electron chi connectivity index (χ4n) is 9.58. The van der Waals surface area contributed by atoms with E-state index in [0.717, 1.165) is 12.8 Å². The fourth-order valence-corrected chi connectivity index (χ4v) is 9.58. The lowest BCUT2D eigenvalue weighted by Crippen LogP contribution is -2.26. The Kier molecular flexibility index (Phi) is 8.26. The van der Waals surface area contributed by atoms with E-state index in [4.69, 9.17) is 0 Å². The molecule has 58 heavy (non-hydrogen) atoms. The SMILES string of the molecule is C\C=C/C=C\C=C\c1c(-c2ccc(-c3cccc(-n4c5ccccc5c5c6c(ccc54)=CCCC=6)c3)cc2)cc(-c2ccccc2)c2c1-c1cccc3cccc-2c13. The van der Waals surface area contributed by atoms with Gasteiger partial charge in [-0.1, -0.05) is 176 Å². The Morgan fingerprint density at radius 1 is 0.466 bits per heavy atom. The predicted octanol–water partition coefficient (Wildman–Crippen LogP) is 14.1. The van der Waals surface area contributed by atoms with Crippen LogP contribution >= 0.6 is 0 Å². The van der Waals surface area contributed by atoms with Crippen molar-refractivity contribution >= 4 is 50.8 Å². The van der Waals surface area contributed by atoms with Crippen molar-refractivity contribution in [1.82, 2.24) is 4.57 Å². The lowest BCUT2D eigenvalue weighted by Gasteiger charge is -2.19. The standard InChI is InChI=1S/C57H41N/c1-2-3-4-5-9-25-46-50(37-51(39-17-7-6-8-18-39)57-49-28-16-21-42-20-15-27-48(54(42)49)56(46)57)41-32-30-38(31-33-41)43-22-14-23-44(36-43)58-52-29-13-12-26-47(52)55-45-24-11-10-19-40(45)34-35-53(55)58/h2-9,12-37H,10-11H2,1H3/b3-2-,5-4-,25-9+. The summed E-state index contributed by atoms with van der Waals surface area (Å²) in [4.78, 5) is 0. The van der Waals surface area contributed by atoms with Crippen molar-refractivity contribution in [1.29, 1.82) is 0 Å². The van der Waals surface area contributed by atoms with Gasteiger partial charge in [-0.05, 0) is 133 Å². The molecule has 1 nitrogen and oxygen atoms in total. The second-order valence-corrected chi connectivity index (χ2v) is 15.4. The summed E-state index contributed by atoms with van der Waals surface area (Å²) in [7, 11) is 0. The molecule has 0 bridgehead atoms. The zero-order valence-electron chi connectivity index (χ0n) is 32.5. The third-order valence-electron chi connectivity index (χ3n) is 12.1. The van der Waals surface area contributed by atoms with Gasteiger partial charge in [0.2, 0.25) is 0 Å². The zero-order valence-corrected chi connectivity index (χ0v) is 32.5. The molecule has 0 saturated carbocycles. The van der Waals surface area contributed by atoms with Crippen LogP contribution in [0.5, 0.6) is 0 Å². The van der Waals surface area contributed by atoms with Crippen molar-refractivity contribution in [2.75, 3.05) is 0 Å². The number of para-hydroxylation sites is 1. The topological polar surface area (TPSA) is 4.93 Å². The van der Waals surface area contributed by atoms with E-state index in [2.05, 4.69) is 211 Å². The smallest absolute Gasteiger partial charge is 0.0547 e. The maximum absolute atomic E-state index is 2.45. The van der Waals surface area contributed by atoms with E-state index < -0.39 is 0 Å². The molecule has 0 unspecified atom stereocenters. The molecule has 0 aliphatic heterocycles. The van der Waals surface area contributed by atoms with Gasteiger partial charge in [0.25, 0.3) is 0 Å². The van der Waals surface area contributed by atoms with Crippen molar-refractivity contribution in [3.63, 3.8) is 0 Å². The largest absolute Gasteiger partial charge is 0.309 e. The first-order valence-corrected chi connectivity index (χ1v) is 20.5. The molecule has 2 aliphatic rings. The molecule has 0 amide bonds. The van der Waals surface area contributed by atoms with Crippen molar-refractivity contribution in [2.45, 2.75) is 19.8 Å². The number of aromatic nitrogens is 1. The van der Waals surface area contributed by atoms with Crippen molar-refractivity contribution in [2.24, 2.45) is 0 Å². The highest BCUT2D eigenvalue weighted by Crippen LogP contribution is 2.55. The fraction of sp³-hybridized carbons (Fsp3) is 0.0526. The first-order chi connectivity index (χ1) is 28.8. The van der Waals surface area contributed by atoms with E-state index in [0.29, 0.717) is 0 Å². The van der Waals surface area contributed by atoms with Crippen LogP contribution in [-0.2, 0) is 0 Å². The Morgan fingerprint density at radius 3 is 2.02 bits per heavy atom. The van der Waals surface area contributed by atoms with Gasteiger partial charge in [0.15, 0.2) is 0 Å². The van der Waals surface area contributed by atoms with Crippen LogP contribution in [0, 0.1) is 0 Å². The van der Waals surface area contributed by atoms with E-state index >= 15 is 0 Å². The summed E-state index contributed by atoms with van der Waals surface area (Å²) in [6, 6.07) is 58.6. The highest BCUT2D eigenvalue weighted by Gasteiger charge is 2.28. The first kappa shape index (κ1) is 34.1. The van der Waals surface area contributed by atoms with Crippen LogP contribution in [0.25, 0.3) is 112 Å². The molecule has 0 fully saturated rings. The second kappa shape index (κ2) is 14.1. The minimum absolute atomic E-state index is 1.09. The quantitative estimate of drug-likeness (QED) is 0.143. The molecular weight excluding hydrogens is 699 g/mol. The minimum Gasteiger partial charge on any atom is -0.309 e. The number of rotatable bonds is 7.